The first-order chi connectivity index (χ1) is 9.86. The molecule has 3 rings (SSSR count). The molecule has 1 amide bonds. The summed E-state index contributed by atoms with van der Waals surface area (Å²) in [7, 11) is -3.97. The zero-order valence-electron chi connectivity index (χ0n) is 11.9. The molecule has 0 aromatic carbocycles. The van der Waals surface area contributed by atoms with E-state index in [1.165, 1.54) is 26.2 Å². The minimum atomic E-state index is -3.97. The number of H-pyrrole nitrogens is 1. The Morgan fingerprint density at radius 3 is 2.76 bits per heavy atom. The zero-order valence-corrected chi connectivity index (χ0v) is 12.7. The zero-order chi connectivity index (χ0) is 15.2. The first-order valence-electron chi connectivity index (χ1n) is 7.22. The molecule has 3 atom stereocenters. The van der Waals surface area contributed by atoms with Gasteiger partial charge in [-0.2, -0.15) is 5.10 Å². The Morgan fingerprint density at radius 1 is 1.43 bits per heavy atom. The number of aromatic amines is 1. The Morgan fingerprint density at radius 2 is 2.19 bits per heavy atom. The van der Waals surface area contributed by atoms with E-state index in [2.05, 4.69) is 15.5 Å². The molecule has 2 saturated carbocycles. The average molecular weight is 312 g/mol. The van der Waals surface area contributed by atoms with Crippen molar-refractivity contribution in [1.82, 2.24) is 15.5 Å². The van der Waals surface area contributed by atoms with Gasteiger partial charge < -0.3 is 5.32 Å². The molecule has 0 aliphatic heterocycles. The number of carbonyl (C=O) groups is 1. The van der Waals surface area contributed by atoms with Crippen LogP contribution in [0.2, 0.25) is 0 Å². The largest absolute Gasteiger partial charge is 0.350 e. The number of sulfonamides is 1. The number of primary sulfonamides is 1. The summed E-state index contributed by atoms with van der Waals surface area (Å²) in [6, 6.07) is 0. The van der Waals surface area contributed by atoms with Crippen LogP contribution in [0.5, 0.6) is 0 Å². The second kappa shape index (κ2) is 5.10. The predicted molar refractivity (Wildman–Crippen MR) is 76.0 cm³/mol. The molecule has 8 heteroatoms. The average Bonchev–Trinajstić information content (AvgIpc) is 3.08. The number of nitrogens with two attached hydrogens (primary N) is 1. The van der Waals surface area contributed by atoms with Gasteiger partial charge in [0.05, 0.1) is 5.69 Å². The van der Waals surface area contributed by atoms with Crippen molar-refractivity contribution in [2.45, 2.75) is 37.5 Å². The van der Waals surface area contributed by atoms with Crippen LogP contribution in [-0.4, -0.2) is 31.1 Å². The maximum atomic E-state index is 12.2. The number of fused-ring (bicyclic) bond motifs is 2. The Labute approximate surface area is 123 Å². The van der Waals surface area contributed by atoms with E-state index >= 15 is 0 Å². The first kappa shape index (κ1) is 14.5. The van der Waals surface area contributed by atoms with Crippen molar-refractivity contribution in [2.75, 3.05) is 6.54 Å². The smallest absolute Gasteiger partial charge is 0.273 e. The molecule has 0 spiro atoms. The van der Waals surface area contributed by atoms with Crippen molar-refractivity contribution in [1.29, 1.82) is 0 Å². The second-order valence-corrected chi connectivity index (χ2v) is 7.71. The van der Waals surface area contributed by atoms with Crippen LogP contribution in [0.1, 0.15) is 41.9 Å². The molecule has 4 N–H and O–H groups in total. The van der Waals surface area contributed by atoms with Crippen LogP contribution in [0, 0.1) is 24.7 Å². The molecule has 116 valence electrons. The monoisotopic (exact) mass is 312 g/mol. The molecule has 0 saturated heterocycles. The Hall–Kier alpha value is -1.41. The van der Waals surface area contributed by atoms with Gasteiger partial charge in [0.1, 0.15) is 4.90 Å². The number of amides is 1. The summed E-state index contributed by atoms with van der Waals surface area (Å²) in [5, 5.41) is 14.2. The third-order valence-electron chi connectivity index (χ3n) is 4.80. The minimum Gasteiger partial charge on any atom is -0.350 e. The van der Waals surface area contributed by atoms with E-state index in [0.717, 1.165) is 12.3 Å². The Bertz CT molecular complexity index is 667. The lowest BCUT2D eigenvalue weighted by atomic mass is 9.89. The lowest BCUT2D eigenvalue weighted by Crippen LogP contribution is -2.33. The van der Waals surface area contributed by atoms with Crippen molar-refractivity contribution in [3.05, 3.63) is 11.4 Å². The van der Waals surface area contributed by atoms with E-state index in [1.807, 2.05) is 0 Å². The van der Waals surface area contributed by atoms with E-state index in [0.29, 0.717) is 18.4 Å². The first-order valence-corrected chi connectivity index (χ1v) is 8.77. The highest BCUT2D eigenvalue weighted by atomic mass is 32.2. The van der Waals surface area contributed by atoms with Crippen LogP contribution in [0.25, 0.3) is 0 Å². The molecule has 3 unspecified atom stereocenters. The molecule has 2 bridgehead atoms. The maximum Gasteiger partial charge on any atom is 0.273 e. The van der Waals surface area contributed by atoms with Gasteiger partial charge in [0.25, 0.3) is 5.91 Å². The number of nitrogens with zero attached hydrogens (tertiary/aromatic N) is 1. The van der Waals surface area contributed by atoms with E-state index in [9.17, 15) is 13.2 Å². The normalized spacial score (nSPS) is 28.0. The summed E-state index contributed by atoms with van der Waals surface area (Å²) < 4.78 is 23.1. The van der Waals surface area contributed by atoms with E-state index in [1.54, 1.807) is 0 Å². The van der Waals surface area contributed by atoms with Crippen LogP contribution < -0.4 is 10.5 Å². The van der Waals surface area contributed by atoms with Crippen molar-refractivity contribution >= 4 is 15.9 Å². The van der Waals surface area contributed by atoms with Gasteiger partial charge in [-0.15, -0.1) is 0 Å². The van der Waals surface area contributed by atoms with Gasteiger partial charge in [0.15, 0.2) is 5.69 Å². The van der Waals surface area contributed by atoms with Gasteiger partial charge in [-0.25, -0.2) is 13.6 Å². The van der Waals surface area contributed by atoms with Gasteiger partial charge in [-0.1, -0.05) is 6.42 Å². The van der Waals surface area contributed by atoms with Crippen LogP contribution >= 0.6 is 0 Å². The molecule has 21 heavy (non-hydrogen) atoms. The molecule has 1 heterocycles. The number of aryl methyl sites for hydroxylation is 1. The van der Waals surface area contributed by atoms with E-state index in [4.69, 9.17) is 5.14 Å². The van der Waals surface area contributed by atoms with Crippen molar-refractivity contribution in [3.8, 4) is 0 Å². The third kappa shape index (κ3) is 2.69. The van der Waals surface area contributed by atoms with Crippen LogP contribution in [0.3, 0.4) is 0 Å². The molecule has 2 aliphatic carbocycles. The SMILES string of the molecule is Cc1[nH]nc(C(=O)NCC2CC3CCC2C3)c1S(N)(=O)=O. The molecule has 1 aromatic heterocycles. The van der Waals surface area contributed by atoms with Crippen molar-refractivity contribution in [2.24, 2.45) is 22.9 Å². The summed E-state index contributed by atoms with van der Waals surface area (Å²) in [5.41, 5.74) is 0.140. The number of nitrogens with one attached hydrogen (secondary N) is 2. The predicted octanol–water partition coefficient (Wildman–Crippen LogP) is 0.532. The van der Waals surface area contributed by atoms with Crippen LogP contribution in [0.15, 0.2) is 4.90 Å². The minimum absolute atomic E-state index is 0.141. The number of rotatable bonds is 4. The molecule has 2 aliphatic rings. The molecule has 1 aromatic rings. The highest BCUT2D eigenvalue weighted by Gasteiger charge is 2.39. The fourth-order valence-corrected chi connectivity index (χ4v) is 4.74. The molecular formula is C13H20N4O3S. The topological polar surface area (TPSA) is 118 Å². The highest BCUT2D eigenvalue weighted by molar-refractivity contribution is 7.89. The number of carbonyl (C=O) groups excluding carboxylic acids is 1. The fraction of sp³-hybridized carbons (Fsp3) is 0.692. The fourth-order valence-electron chi connectivity index (χ4n) is 3.85. The Kier molecular flexibility index (Phi) is 3.53. The van der Waals surface area contributed by atoms with Gasteiger partial charge in [0.2, 0.25) is 10.0 Å². The summed E-state index contributed by atoms with van der Waals surface area (Å²) in [6.45, 7) is 2.11. The number of hydrogen-bond acceptors (Lipinski definition) is 4. The van der Waals surface area contributed by atoms with Gasteiger partial charge >= 0.3 is 0 Å². The quantitative estimate of drug-likeness (QED) is 0.751. The summed E-state index contributed by atoms with van der Waals surface area (Å²) in [5.74, 6) is 1.54. The molecule has 0 radical (unpaired) electrons. The molecule has 7 nitrogen and oxygen atoms in total. The molecule has 2 fully saturated rings. The summed E-state index contributed by atoms with van der Waals surface area (Å²) in [4.78, 5) is 12.0. The number of hydrogen-bond donors (Lipinski definition) is 3. The third-order valence-corrected chi connectivity index (χ3v) is 5.87. The van der Waals surface area contributed by atoms with Crippen molar-refractivity contribution < 1.29 is 13.2 Å². The summed E-state index contributed by atoms with van der Waals surface area (Å²) >= 11 is 0. The van der Waals surface area contributed by atoms with Crippen LogP contribution in [0.4, 0.5) is 0 Å². The standard InChI is InChI=1S/C13H20N4O3S/c1-7-12(21(14,19)20)11(17-16-7)13(18)15-6-10-5-8-2-3-9(10)4-8/h8-10H,2-6H2,1H3,(H,15,18)(H,16,17)(H2,14,19,20). The lowest BCUT2D eigenvalue weighted by Gasteiger charge is -2.21. The maximum absolute atomic E-state index is 12.2. The highest BCUT2D eigenvalue weighted by Crippen LogP contribution is 2.47. The second-order valence-electron chi connectivity index (χ2n) is 6.22. The van der Waals surface area contributed by atoms with E-state index in [-0.39, 0.29) is 16.3 Å². The van der Waals surface area contributed by atoms with Gasteiger partial charge in [-0.05, 0) is 43.9 Å². The van der Waals surface area contributed by atoms with Crippen molar-refractivity contribution in [3.63, 3.8) is 0 Å². The Balaban J connectivity index is 1.69. The number of aromatic nitrogens is 2. The summed E-state index contributed by atoms with van der Waals surface area (Å²) in [6.07, 6.45) is 4.98. The van der Waals surface area contributed by atoms with Crippen LogP contribution in [-0.2, 0) is 10.0 Å². The van der Waals surface area contributed by atoms with Gasteiger partial charge in [0, 0.05) is 6.54 Å². The van der Waals surface area contributed by atoms with E-state index < -0.39 is 15.9 Å². The van der Waals surface area contributed by atoms with Gasteiger partial charge in [-0.3, -0.25) is 9.89 Å². The molecular weight excluding hydrogens is 292 g/mol. The lowest BCUT2D eigenvalue weighted by molar-refractivity contribution is 0.0933.